The van der Waals surface area contributed by atoms with Gasteiger partial charge in [0, 0.05) is 44.1 Å². The second kappa shape index (κ2) is 9.15. The van der Waals surface area contributed by atoms with Crippen molar-refractivity contribution >= 4 is 29.0 Å². The average Bonchev–Trinajstić information content (AvgIpc) is 3.21. The lowest BCUT2D eigenvalue weighted by molar-refractivity contribution is -0.143. The molecule has 2 amide bonds. The summed E-state index contributed by atoms with van der Waals surface area (Å²) >= 11 is 0. The quantitative estimate of drug-likeness (QED) is 0.213. The minimum Gasteiger partial charge on any atom is -0.507 e. The Morgan fingerprint density at radius 1 is 1.12 bits per heavy atom. The Kier molecular flexibility index (Phi) is 6.26. The normalized spacial score (nSPS) is 20.8. The summed E-state index contributed by atoms with van der Waals surface area (Å²) in [6.45, 7) is 4.37. The highest BCUT2D eigenvalue weighted by Crippen LogP contribution is 2.53. The molecule has 176 valence electrons. The number of aliphatic hydroxyl groups excluding tert-OH is 1. The van der Waals surface area contributed by atoms with Gasteiger partial charge in [0.1, 0.15) is 18.1 Å². The topological polar surface area (TPSA) is 96.4 Å². The maximum Gasteiger partial charge on any atom is 0.296 e. The zero-order valence-corrected chi connectivity index (χ0v) is 19.1. The number of hydrogen-bond acceptors (Lipinski definition) is 6. The molecule has 1 unspecified atom stereocenters. The van der Waals surface area contributed by atoms with Gasteiger partial charge in [-0.3, -0.25) is 14.4 Å². The number of carbonyl (C=O) groups is 3. The number of ether oxygens (including phenoxy) is 2. The van der Waals surface area contributed by atoms with Crippen LogP contribution < -0.4 is 9.64 Å². The van der Waals surface area contributed by atoms with Gasteiger partial charge < -0.3 is 24.4 Å². The highest BCUT2D eigenvalue weighted by molar-refractivity contribution is 6.50. The van der Waals surface area contributed by atoms with Gasteiger partial charge in [0.2, 0.25) is 0 Å². The molecule has 0 bridgehead atoms. The number of amides is 2. The van der Waals surface area contributed by atoms with Gasteiger partial charge in [-0.25, -0.2) is 0 Å². The summed E-state index contributed by atoms with van der Waals surface area (Å²) in [6, 6.07) is 13.4. The Balaban J connectivity index is 1.92. The summed E-state index contributed by atoms with van der Waals surface area (Å²) < 4.78 is 10.6. The SMILES string of the molecule is C=CCOc1ccc(/C(O)=C2/C(=O)C(=O)N(CCCOC)C23C(=O)N(C)c2ccccc23)cc1. The summed E-state index contributed by atoms with van der Waals surface area (Å²) in [5.41, 5.74) is -0.650. The number of aliphatic hydroxyl groups is 1. The number of fused-ring (bicyclic) bond motifs is 2. The fourth-order valence-electron chi connectivity index (χ4n) is 4.65. The van der Waals surface area contributed by atoms with Gasteiger partial charge in [-0.1, -0.05) is 30.9 Å². The Labute approximate surface area is 197 Å². The third kappa shape index (κ3) is 3.38. The van der Waals surface area contributed by atoms with Crippen LogP contribution in [0.4, 0.5) is 5.69 Å². The number of anilines is 1. The van der Waals surface area contributed by atoms with Crippen LogP contribution in [-0.2, 0) is 24.7 Å². The van der Waals surface area contributed by atoms with E-state index >= 15 is 0 Å². The fourth-order valence-corrected chi connectivity index (χ4v) is 4.65. The summed E-state index contributed by atoms with van der Waals surface area (Å²) in [5.74, 6) is -2.07. The third-order valence-corrected chi connectivity index (χ3v) is 6.17. The number of benzene rings is 2. The molecule has 2 aromatic carbocycles. The van der Waals surface area contributed by atoms with Crippen molar-refractivity contribution in [2.75, 3.05) is 38.8 Å². The number of nitrogens with zero attached hydrogens (tertiary/aromatic N) is 2. The fraction of sp³-hybridized carbons (Fsp3) is 0.269. The van der Waals surface area contributed by atoms with Crippen molar-refractivity contribution in [1.29, 1.82) is 0 Å². The van der Waals surface area contributed by atoms with Gasteiger partial charge in [0.25, 0.3) is 17.6 Å². The molecular formula is C26H26N2O6. The van der Waals surface area contributed by atoms with E-state index in [0.717, 1.165) is 0 Å². The molecule has 0 aliphatic carbocycles. The molecule has 2 aliphatic heterocycles. The van der Waals surface area contributed by atoms with Gasteiger partial charge >= 0.3 is 0 Å². The molecule has 1 fully saturated rings. The first-order valence-electron chi connectivity index (χ1n) is 10.9. The molecule has 8 heteroatoms. The van der Waals surface area contributed by atoms with E-state index in [1.54, 1.807) is 61.7 Å². The molecule has 0 aromatic heterocycles. The van der Waals surface area contributed by atoms with Crippen molar-refractivity contribution in [3.63, 3.8) is 0 Å². The molecule has 4 rings (SSSR count). The standard InChI is InChI=1S/C26H26N2O6/c1-4-15-34-18-12-10-17(11-13-18)22(29)21-23(30)24(31)28(14-7-16-33-3)26(21)19-8-5-6-9-20(19)27(2)25(26)32/h4-6,8-13,29H,1,7,14-16H2,2-3H3/b22-21+. The zero-order chi connectivity index (χ0) is 24.5. The first-order valence-corrected chi connectivity index (χ1v) is 10.9. The van der Waals surface area contributed by atoms with Crippen LogP contribution in [0, 0.1) is 0 Å². The van der Waals surface area contributed by atoms with E-state index < -0.39 is 28.9 Å². The smallest absolute Gasteiger partial charge is 0.296 e. The van der Waals surface area contributed by atoms with Crippen molar-refractivity contribution in [2.45, 2.75) is 12.0 Å². The molecule has 34 heavy (non-hydrogen) atoms. The van der Waals surface area contributed by atoms with E-state index in [0.29, 0.717) is 42.2 Å². The van der Waals surface area contributed by atoms with Crippen LogP contribution >= 0.6 is 0 Å². The molecule has 1 saturated heterocycles. The highest BCUT2D eigenvalue weighted by Gasteiger charge is 2.66. The molecule has 0 saturated carbocycles. The zero-order valence-electron chi connectivity index (χ0n) is 19.1. The molecule has 1 atom stereocenters. The number of hydrogen-bond donors (Lipinski definition) is 1. The van der Waals surface area contributed by atoms with E-state index in [9.17, 15) is 19.5 Å². The lowest BCUT2D eigenvalue weighted by atomic mass is 9.82. The molecule has 8 nitrogen and oxygen atoms in total. The Bertz CT molecular complexity index is 1190. The minimum absolute atomic E-state index is 0.109. The summed E-state index contributed by atoms with van der Waals surface area (Å²) in [4.78, 5) is 43.1. The third-order valence-electron chi connectivity index (χ3n) is 6.17. The first-order chi connectivity index (χ1) is 16.4. The minimum atomic E-state index is -1.75. The van der Waals surface area contributed by atoms with Crippen LogP contribution in [0.5, 0.6) is 5.75 Å². The van der Waals surface area contributed by atoms with Crippen molar-refractivity contribution < 1.29 is 29.0 Å². The Morgan fingerprint density at radius 2 is 1.82 bits per heavy atom. The van der Waals surface area contributed by atoms with Crippen molar-refractivity contribution in [3.8, 4) is 5.75 Å². The molecule has 0 radical (unpaired) electrons. The maximum absolute atomic E-state index is 13.8. The molecule has 2 heterocycles. The summed E-state index contributed by atoms with van der Waals surface area (Å²) in [6.07, 6.45) is 2.03. The lowest BCUT2D eigenvalue weighted by Crippen LogP contribution is -2.51. The van der Waals surface area contributed by atoms with Crippen LogP contribution in [0.1, 0.15) is 17.5 Å². The van der Waals surface area contributed by atoms with Gasteiger partial charge in [-0.05, 0) is 36.8 Å². The predicted molar refractivity (Wildman–Crippen MR) is 126 cm³/mol. The molecule has 2 aromatic rings. The van der Waals surface area contributed by atoms with Crippen LogP contribution in [0.3, 0.4) is 0 Å². The van der Waals surface area contributed by atoms with E-state index in [1.807, 2.05) is 0 Å². The van der Waals surface area contributed by atoms with Gasteiger partial charge in [0.15, 0.2) is 5.54 Å². The number of para-hydroxylation sites is 1. The van der Waals surface area contributed by atoms with Crippen molar-refractivity contribution in [3.05, 3.63) is 77.9 Å². The van der Waals surface area contributed by atoms with Crippen molar-refractivity contribution in [2.24, 2.45) is 0 Å². The largest absolute Gasteiger partial charge is 0.507 e. The monoisotopic (exact) mass is 462 g/mol. The van der Waals surface area contributed by atoms with Crippen LogP contribution in [0.25, 0.3) is 5.76 Å². The Hall–Kier alpha value is -3.91. The van der Waals surface area contributed by atoms with Gasteiger partial charge in [-0.15, -0.1) is 0 Å². The van der Waals surface area contributed by atoms with Crippen LogP contribution in [0.15, 0.2) is 66.8 Å². The number of methoxy groups -OCH3 is 1. The van der Waals surface area contributed by atoms with Crippen LogP contribution in [-0.4, -0.2) is 61.5 Å². The molecule has 1 spiro atoms. The highest BCUT2D eigenvalue weighted by atomic mass is 16.5. The van der Waals surface area contributed by atoms with Crippen LogP contribution in [0.2, 0.25) is 0 Å². The van der Waals surface area contributed by atoms with Gasteiger partial charge in [-0.2, -0.15) is 0 Å². The number of Topliss-reactive ketones (excluding diaryl/α,β-unsaturated/α-hetero) is 1. The van der Waals surface area contributed by atoms with E-state index in [4.69, 9.17) is 9.47 Å². The maximum atomic E-state index is 13.8. The first kappa shape index (κ1) is 23.3. The van der Waals surface area contributed by atoms with E-state index in [1.165, 1.54) is 16.9 Å². The number of ketones is 1. The predicted octanol–water partition coefficient (Wildman–Crippen LogP) is 2.84. The molecule has 2 aliphatic rings. The average molecular weight is 463 g/mol. The van der Waals surface area contributed by atoms with Crippen molar-refractivity contribution in [1.82, 2.24) is 4.90 Å². The number of carbonyl (C=O) groups excluding carboxylic acids is 3. The van der Waals surface area contributed by atoms with E-state index in [2.05, 4.69) is 6.58 Å². The number of rotatable bonds is 8. The number of likely N-dealkylation sites (N-methyl/N-ethyl adjacent to an activating group) is 1. The second-order valence-electron chi connectivity index (χ2n) is 8.07. The number of likely N-dealkylation sites (tertiary alicyclic amines) is 1. The van der Waals surface area contributed by atoms with Gasteiger partial charge in [0.05, 0.1) is 5.57 Å². The molecular weight excluding hydrogens is 436 g/mol. The van der Waals surface area contributed by atoms with E-state index in [-0.39, 0.29) is 12.1 Å². The molecule has 1 N–H and O–H groups in total. The second-order valence-corrected chi connectivity index (χ2v) is 8.07. The lowest BCUT2D eigenvalue weighted by Gasteiger charge is -2.34. The summed E-state index contributed by atoms with van der Waals surface area (Å²) in [7, 11) is 3.13. The Morgan fingerprint density at radius 3 is 2.50 bits per heavy atom. The summed E-state index contributed by atoms with van der Waals surface area (Å²) in [5, 5.41) is 11.3.